The fourth-order valence-electron chi connectivity index (χ4n) is 2.34. The molecule has 20 heavy (non-hydrogen) atoms. The molecule has 1 heterocycles. The van der Waals surface area contributed by atoms with Gasteiger partial charge in [-0.05, 0) is 42.8 Å². The molecule has 0 amide bonds. The van der Waals surface area contributed by atoms with Crippen LogP contribution in [0.15, 0.2) is 41.2 Å². The van der Waals surface area contributed by atoms with E-state index in [1.165, 1.54) is 0 Å². The number of hydrogen-bond acceptors (Lipinski definition) is 3. The number of aryl methyl sites for hydroxylation is 1. The number of hydrogen-bond donors (Lipinski definition) is 2. The number of benzene rings is 2. The highest BCUT2D eigenvalue weighted by Gasteiger charge is 2.13. The first-order valence-electron chi connectivity index (χ1n) is 6.25. The highest BCUT2D eigenvalue weighted by atomic mass is 16.5. The standard InChI is InChI=1S/C15H15N3O2/c1-9-3-6-14(20-2)13(7-9)18-12-5-4-10(16)8-11(12)17-15(18)19/h3-8H,16H2,1-2H3,(H,17,19). The van der Waals surface area contributed by atoms with Gasteiger partial charge in [0.25, 0.3) is 0 Å². The van der Waals surface area contributed by atoms with Crippen LogP contribution >= 0.6 is 0 Å². The Balaban J connectivity index is 2.37. The summed E-state index contributed by atoms with van der Waals surface area (Å²) in [6, 6.07) is 11.1. The van der Waals surface area contributed by atoms with E-state index in [0.717, 1.165) is 11.1 Å². The van der Waals surface area contributed by atoms with Crippen molar-refractivity contribution in [3.8, 4) is 11.4 Å². The summed E-state index contributed by atoms with van der Waals surface area (Å²) in [4.78, 5) is 15.0. The third-order valence-corrected chi connectivity index (χ3v) is 3.28. The van der Waals surface area contributed by atoms with Gasteiger partial charge in [-0.25, -0.2) is 4.79 Å². The van der Waals surface area contributed by atoms with E-state index in [1.807, 2.05) is 31.2 Å². The Morgan fingerprint density at radius 1 is 1.20 bits per heavy atom. The van der Waals surface area contributed by atoms with Gasteiger partial charge in [-0.1, -0.05) is 6.07 Å². The quantitative estimate of drug-likeness (QED) is 0.701. The van der Waals surface area contributed by atoms with Crippen molar-refractivity contribution in [2.24, 2.45) is 0 Å². The molecule has 5 nitrogen and oxygen atoms in total. The van der Waals surface area contributed by atoms with Crippen molar-refractivity contribution in [2.45, 2.75) is 6.92 Å². The normalized spacial score (nSPS) is 10.9. The number of nitrogen functional groups attached to an aromatic ring is 1. The lowest BCUT2D eigenvalue weighted by Crippen LogP contribution is -2.15. The van der Waals surface area contributed by atoms with Gasteiger partial charge in [0.15, 0.2) is 0 Å². The minimum Gasteiger partial charge on any atom is -0.495 e. The highest BCUT2D eigenvalue weighted by Crippen LogP contribution is 2.26. The SMILES string of the molecule is COc1ccc(C)cc1-n1c(=O)[nH]c2cc(N)ccc21. The molecule has 5 heteroatoms. The van der Waals surface area contributed by atoms with Crippen LogP contribution in [0.3, 0.4) is 0 Å². The van der Waals surface area contributed by atoms with Crippen LogP contribution in [0.4, 0.5) is 5.69 Å². The van der Waals surface area contributed by atoms with Crippen molar-refractivity contribution >= 4 is 16.7 Å². The summed E-state index contributed by atoms with van der Waals surface area (Å²) in [5.74, 6) is 0.649. The molecule has 102 valence electrons. The number of rotatable bonds is 2. The second-order valence-electron chi connectivity index (χ2n) is 4.72. The summed E-state index contributed by atoms with van der Waals surface area (Å²) in [7, 11) is 1.59. The molecular formula is C15H15N3O2. The zero-order valence-electron chi connectivity index (χ0n) is 11.3. The van der Waals surface area contributed by atoms with Crippen molar-refractivity contribution in [2.75, 3.05) is 12.8 Å². The zero-order chi connectivity index (χ0) is 14.3. The Morgan fingerprint density at radius 2 is 2.00 bits per heavy atom. The van der Waals surface area contributed by atoms with Crippen LogP contribution in [-0.4, -0.2) is 16.7 Å². The molecule has 0 aliphatic carbocycles. The minimum absolute atomic E-state index is 0.213. The summed E-state index contributed by atoms with van der Waals surface area (Å²) in [5, 5.41) is 0. The third-order valence-electron chi connectivity index (χ3n) is 3.28. The molecule has 2 aromatic carbocycles. The summed E-state index contributed by atoms with van der Waals surface area (Å²) in [6.07, 6.45) is 0. The molecule has 0 unspecified atom stereocenters. The molecule has 0 spiro atoms. The van der Waals surface area contributed by atoms with E-state index in [-0.39, 0.29) is 5.69 Å². The van der Waals surface area contributed by atoms with Gasteiger partial charge in [0.2, 0.25) is 0 Å². The molecule has 3 N–H and O–H groups in total. The molecule has 0 fully saturated rings. The van der Waals surface area contributed by atoms with Crippen LogP contribution in [0.25, 0.3) is 16.7 Å². The number of nitrogens with zero attached hydrogens (tertiary/aromatic N) is 1. The average molecular weight is 269 g/mol. The van der Waals surface area contributed by atoms with Crippen LogP contribution in [0.2, 0.25) is 0 Å². The van der Waals surface area contributed by atoms with Crippen LogP contribution in [-0.2, 0) is 0 Å². The van der Waals surface area contributed by atoms with Gasteiger partial charge in [-0.2, -0.15) is 0 Å². The number of fused-ring (bicyclic) bond motifs is 1. The first kappa shape index (κ1) is 12.3. The Labute approximate surface area is 115 Å². The summed E-state index contributed by atoms with van der Waals surface area (Å²) < 4.78 is 6.95. The van der Waals surface area contributed by atoms with Crippen LogP contribution in [0.5, 0.6) is 5.75 Å². The average Bonchev–Trinajstić information content (AvgIpc) is 2.73. The zero-order valence-corrected chi connectivity index (χ0v) is 11.3. The number of ether oxygens (including phenoxy) is 1. The van der Waals surface area contributed by atoms with Crippen LogP contribution in [0.1, 0.15) is 5.56 Å². The smallest absolute Gasteiger partial charge is 0.331 e. The fourth-order valence-corrected chi connectivity index (χ4v) is 2.34. The maximum absolute atomic E-state index is 12.2. The lowest BCUT2D eigenvalue weighted by atomic mass is 10.2. The predicted octanol–water partition coefficient (Wildman–Crippen LogP) is 2.22. The van der Waals surface area contributed by atoms with Crippen LogP contribution < -0.4 is 16.2 Å². The third kappa shape index (κ3) is 1.84. The van der Waals surface area contributed by atoms with Crippen LogP contribution in [0, 0.1) is 6.92 Å². The maximum Gasteiger partial charge on any atom is 0.331 e. The van der Waals surface area contributed by atoms with E-state index in [1.54, 1.807) is 23.8 Å². The number of anilines is 1. The largest absolute Gasteiger partial charge is 0.495 e. The Morgan fingerprint density at radius 3 is 2.75 bits per heavy atom. The van der Waals surface area contributed by atoms with E-state index < -0.39 is 0 Å². The summed E-state index contributed by atoms with van der Waals surface area (Å²) in [6.45, 7) is 1.97. The Kier molecular flexibility index (Phi) is 2.75. The monoisotopic (exact) mass is 269 g/mol. The molecule has 0 aliphatic heterocycles. The van der Waals surface area contributed by atoms with Crippen molar-refractivity contribution < 1.29 is 4.74 Å². The van der Waals surface area contributed by atoms with Gasteiger partial charge in [0.05, 0.1) is 23.8 Å². The molecule has 0 bridgehead atoms. The number of H-pyrrole nitrogens is 1. The molecule has 0 saturated heterocycles. The fraction of sp³-hybridized carbons (Fsp3) is 0.133. The van der Waals surface area contributed by atoms with Crippen molar-refractivity contribution in [3.63, 3.8) is 0 Å². The minimum atomic E-state index is -0.213. The van der Waals surface area contributed by atoms with E-state index >= 15 is 0 Å². The van der Waals surface area contributed by atoms with Gasteiger partial charge in [-0.3, -0.25) is 4.57 Å². The highest BCUT2D eigenvalue weighted by molar-refractivity contribution is 5.81. The molecule has 1 aromatic heterocycles. The first-order chi connectivity index (χ1) is 9.60. The second kappa shape index (κ2) is 4.45. The number of aromatic amines is 1. The number of nitrogens with one attached hydrogen (secondary N) is 1. The lowest BCUT2D eigenvalue weighted by Gasteiger charge is -2.10. The predicted molar refractivity (Wildman–Crippen MR) is 79.6 cm³/mol. The Bertz CT molecular complexity index is 846. The van der Waals surface area contributed by atoms with E-state index in [0.29, 0.717) is 22.6 Å². The topological polar surface area (TPSA) is 73.0 Å². The number of nitrogens with two attached hydrogens (primary N) is 1. The maximum atomic E-state index is 12.2. The molecule has 3 aromatic rings. The van der Waals surface area contributed by atoms with Crippen molar-refractivity contribution in [3.05, 3.63) is 52.4 Å². The van der Waals surface area contributed by atoms with Gasteiger partial charge in [-0.15, -0.1) is 0 Å². The molecule has 0 saturated carbocycles. The van der Waals surface area contributed by atoms with E-state index in [2.05, 4.69) is 4.98 Å². The van der Waals surface area contributed by atoms with Crippen molar-refractivity contribution in [1.29, 1.82) is 0 Å². The number of imidazole rings is 1. The number of methoxy groups -OCH3 is 1. The molecule has 0 atom stereocenters. The first-order valence-corrected chi connectivity index (χ1v) is 6.25. The summed E-state index contributed by atoms with van der Waals surface area (Å²) in [5.41, 5.74) is 9.39. The van der Waals surface area contributed by atoms with Gasteiger partial charge in [0.1, 0.15) is 5.75 Å². The molecular weight excluding hydrogens is 254 g/mol. The lowest BCUT2D eigenvalue weighted by molar-refractivity contribution is 0.413. The van der Waals surface area contributed by atoms with Gasteiger partial charge in [0, 0.05) is 5.69 Å². The Hall–Kier alpha value is -2.69. The van der Waals surface area contributed by atoms with E-state index in [4.69, 9.17) is 10.5 Å². The molecule has 3 rings (SSSR count). The van der Waals surface area contributed by atoms with E-state index in [9.17, 15) is 4.79 Å². The number of aromatic nitrogens is 2. The van der Waals surface area contributed by atoms with Gasteiger partial charge < -0.3 is 15.5 Å². The van der Waals surface area contributed by atoms with Crippen molar-refractivity contribution in [1.82, 2.24) is 9.55 Å². The summed E-state index contributed by atoms with van der Waals surface area (Å²) >= 11 is 0. The van der Waals surface area contributed by atoms with Gasteiger partial charge >= 0.3 is 5.69 Å². The molecule has 0 aliphatic rings. The molecule has 0 radical (unpaired) electrons. The second-order valence-corrected chi connectivity index (χ2v) is 4.72.